The van der Waals surface area contributed by atoms with Gasteiger partial charge in [0.05, 0.1) is 12.7 Å². The molecule has 0 unspecified atom stereocenters. The van der Waals surface area contributed by atoms with Gasteiger partial charge in [0.15, 0.2) is 5.78 Å². The van der Waals surface area contributed by atoms with E-state index in [0.717, 1.165) is 19.6 Å². The molecule has 2 heterocycles. The number of piperidine rings is 1. The summed E-state index contributed by atoms with van der Waals surface area (Å²) in [6.07, 6.45) is 7.14. The fourth-order valence-corrected chi connectivity index (χ4v) is 2.35. The number of Topliss-reactive ketones (excluding diaryl/α,β-unsaturated/α-hetero) is 1. The standard InChI is InChI=1S/C13H20N4O/c1-17(9-11-3-2-4-14-7-11)10-13(18)12-8-15-5-6-16-12/h5-6,8,11,14H,2-4,7,9-10H2,1H3/t11-/m1/s1. The first-order chi connectivity index (χ1) is 8.75. The Morgan fingerprint density at radius 2 is 2.44 bits per heavy atom. The van der Waals surface area contributed by atoms with Gasteiger partial charge in [-0.1, -0.05) is 0 Å². The first-order valence-electron chi connectivity index (χ1n) is 6.44. The molecule has 1 aromatic rings. The zero-order chi connectivity index (χ0) is 12.8. The van der Waals surface area contributed by atoms with E-state index in [1.165, 1.54) is 19.0 Å². The maximum atomic E-state index is 11.9. The van der Waals surface area contributed by atoms with E-state index >= 15 is 0 Å². The molecule has 5 heteroatoms. The van der Waals surface area contributed by atoms with Crippen LogP contribution in [0.25, 0.3) is 0 Å². The SMILES string of the molecule is CN(CC(=O)c1cnccn1)C[C@@H]1CCCNC1. The van der Waals surface area contributed by atoms with Gasteiger partial charge < -0.3 is 5.32 Å². The monoisotopic (exact) mass is 248 g/mol. The molecule has 0 spiro atoms. The molecule has 1 aliphatic rings. The number of rotatable bonds is 5. The van der Waals surface area contributed by atoms with Crippen molar-refractivity contribution in [2.24, 2.45) is 5.92 Å². The van der Waals surface area contributed by atoms with Crippen LogP contribution >= 0.6 is 0 Å². The van der Waals surface area contributed by atoms with Crippen molar-refractivity contribution < 1.29 is 4.79 Å². The number of likely N-dealkylation sites (N-methyl/N-ethyl adjacent to an activating group) is 1. The Morgan fingerprint density at radius 3 is 3.11 bits per heavy atom. The number of hydrogen-bond acceptors (Lipinski definition) is 5. The van der Waals surface area contributed by atoms with Crippen molar-refractivity contribution in [1.29, 1.82) is 0 Å². The third kappa shape index (κ3) is 3.85. The number of nitrogens with zero attached hydrogens (tertiary/aromatic N) is 3. The van der Waals surface area contributed by atoms with Crippen molar-refractivity contribution in [3.63, 3.8) is 0 Å². The highest BCUT2D eigenvalue weighted by Gasteiger charge is 2.17. The lowest BCUT2D eigenvalue weighted by Crippen LogP contribution is -2.38. The molecular weight excluding hydrogens is 228 g/mol. The summed E-state index contributed by atoms with van der Waals surface area (Å²) in [6, 6.07) is 0. The Bertz CT molecular complexity index is 376. The van der Waals surface area contributed by atoms with Crippen molar-refractivity contribution in [3.05, 3.63) is 24.3 Å². The summed E-state index contributed by atoms with van der Waals surface area (Å²) < 4.78 is 0. The second-order valence-electron chi connectivity index (χ2n) is 4.92. The van der Waals surface area contributed by atoms with E-state index < -0.39 is 0 Å². The van der Waals surface area contributed by atoms with Crippen LogP contribution < -0.4 is 5.32 Å². The predicted octanol–water partition coefficient (Wildman–Crippen LogP) is 0.591. The van der Waals surface area contributed by atoms with Crippen LogP contribution in [0.1, 0.15) is 23.3 Å². The lowest BCUT2D eigenvalue weighted by molar-refractivity contribution is 0.0928. The summed E-state index contributed by atoms with van der Waals surface area (Å²) in [5, 5.41) is 3.39. The summed E-state index contributed by atoms with van der Waals surface area (Å²) in [5.74, 6) is 0.688. The smallest absolute Gasteiger partial charge is 0.196 e. The number of aromatic nitrogens is 2. The second-order valence-corrected chi connectivity index (χ2v) is 4.92. The highest BCUT2D eigenvalue weighted by Crippen LogP contribution is 2.11. The third-order valence-corrected chi connectivity index (χ3v) is 3.23. The van der Waals surface area contributed by atoms with Gasteiger partial charge in [-0.2, -0.15) is 0 Å². The van der Waals surface area contributed by atoms with E-state index in [9.17, 15) is 4.79 Å². The predicted molar refractivity (Wildman–Crippen MR) is 69.5 cm³/mol. The summed E-state index contributed by atoms with van der Waals surface area (Å²) in [6.45, 7) is 3.55. The molecule has 0 saturated carbocycles. The molecule has 0 amide bonds. The Labute approximate surface area is 108 Å². The van der Waals surface area contributed by atoms with E-state index in [-0.39, 0.29) is 5.78 Å². The maximum Gasteiger partial charge on any atom is 0.196 e. The molecular formula is C13H20N4O. The normalized spacial score (nSPS) is 20.0. The second kappa shape index (κ2) is 6.56. The average molecular weight is 248 g/mol. The number of carbonyl (C=O) groups is 1. The van der Waals surface area contributed by atoms with Gasteiger partial charge in [0.25, 0.3) is 0 Å². The van der Waals surface area contributed by atoms with Gasteiger partial charge in [-0.05, 0) is 38.9 Å². The lowest BCUT2D eigenvalue weighted by Gasteiger charge is -2.27. The fraction of sp³-hybridized carbons (Fsp3) is 0.615. The molecule has 5 nitrogen and oxygen atoms in total. The van der Waals surface area contributed by atoms with Crippen LogP contribution in [-0.4, -0.2) is 53.9 Å². The minimum atomic E-state index is 0.0365. The van der Waals surface area contributed by atoms with E-state index in [4.69, 9.17) is 0 Å². The van der Waals surface area contributed by atoms with Crippen LogP contribution in [0, 0.1) is 5.92 Å². The molecule has 1 aliphatic heterocycles. The van der Waals surface area contributed by atoms with Crippen LogP contribution in [0.5, 0.6) is 0 Å². The van der Waals surface area contributed by atoms with Gasteiger partial charge in [-0.15, -0.1) is 0 Å². The first-order valence-corrected chi connectivity index (χ1v) is 6.44. The fourth-order valence-electron chi connectivity index (χ4n) is 2.35. The van der Waals surface area contributed by atoms with Crippen molar-refractivity contribution >= 4 is 5.78 Å². The highest BCUT2D eigenvalue weighted by molar-refractivity contribution is 5.95. The summed E-state index contributed by atoms with van der Waals surface area (Å²) in [5.41, 5.74) is 0.450. The van der Waals surface area contributed by atoms with Gasteiger partial charge in [0, 0.05) is 18.9 Å². The first kappa shape index (κ1) is 13.1. The Balaban J connectivity index is 1.80. The van der Waals surface area contributed by atoms with Gasteiger partial charge >= 0.3 is 0 Å². The number of ketones is 1. The molecule has 98 valence electrons. The molecule has 1 N–H and O–H groups in total. The minimum Gasteiger partial charge on any atom is -0.316 e. The molecule has 18 heavy (non-hydrogen) atoms. The number of nitrogens with one attached hydrogen (secondary N) is 1. The summed E-state index contributed by atoms with van der Waals surface area (Å²) in [4.78, 5) is 22.0. The van der Waals surface area contributed by atoms with Gasteiger partial charge in [-0.25, -0.2) is 4.98 Å². The molecule has 0 aliphatic carbocycles. The largest absolute Gasteiger partial charge is 0.316 e. The molecule has 1 fully saturated rings. The zero-order valence-corrected chi connectivity index (χ0v) is 10.8. The quantitative estimate of drug-likeness (QED) is 0.773. The van der Waals surface area contributed by atoms with Crippen LogP contribution in [0.4, 0.5) is 0 Å². The van der Waals surface area contributed by atoms with Crippen LogP contribution in [0.2, 0.25) is 0 Å². The van der Waals surface area contributed by atoms with Crippen LogP contribution in [0.15, 0.2) is 18.6 Å². The van der Waals surface area contributed by atoms with Crippen molar-refractivity contribution in [2.75, 3.05) is 33.2 Å². The van der Waals surface area contributed by atoms with Crippen LogP contribution in [-0.2, 0) is 0 Å². The highest BCUT2D eigenvalue weighted by atomic mass is 16.1. The average Bonchev–Trinajstić information content (AvgIpc) is 2.40. The Hall–Kier alpha value is -1.33. The molecule has 1 saturated heterocycles. The maximum absolute atomic E-state index is 11.9. The Morgan fingerprint density at radius 1 is 1.56 bits per heavy atom. The van der Waals surface area contributed by atoms with Gasteiger partial charge in [0.2, 0.25) is 0 Å². The molecule has 0 aromatic carbocycles. The lowest BCUT2D eigenvalue weighted by atomic mass is 9.99. The third-order valence-electron chi connectivity index (χ3n) is 3.23. The molecule has 2 rings (SSSR count). The van der Waals surface area contributed by atoms with E-state index in [1.807, 2.05) is 7.05 Å². The molecule has 1 aromatic heterocycles. The number of carbonyl (C=O) groups excluding carboxylic acids is 1. The molecule has 0 bridgehead atoms. The van der Waals surface area contributed by atoms with E-state index in [2.05, 4.69) is 20.2 Å². The van der Waals surface area contributed by atoms with E-state index in [1.54, 1.807) is 12.4 Å². The van der Waals surface area contributed by atoms with Gasteiger partial charge in [-0.3, -0.25) is 14.7 Å². The zero-order valence-electron chi connectivity index (χ0n) is 10.8. The van der Waals surface area contributed by atoms with Crippen molar-refractivity contribution in [3.8, 4) is 0 Å². The summed E-state index contributed by atoms with van der Waals surface area (Å²) in [7, 11) is 1.99. The molecule has 0 radical (unpaired) electrons. The number of hydrogen-bond donors (Lipinski definition) is 1. The molecule has 1 atom stereocenters. The summed E-state index contributed by atoms with van der Waals surface area (Å²) >= 11 is 0. The topological polar surface area (TPSA) is 58.1 Å². The van der Waals surface area contributed by atoms with Crippen molar-refractivity contribution in [2.45, 2.75) is 12.8 Å². The van der Waals surface area contributed by atoms with Crippen molar-refractivity contribution in [1.82, 2.24) is 20.2 Å². The minimum absolute atomic E-state index is 0.0365. The van der Waals surface area contributed by atoms with Crippen LogP contribution in [0.3, 0.4) is 0 Å². The Kier molecular flexibility index (Phi) is 4.78. The van der Waals surface area contributed by atoms with E-state index in [0.29, 0.717) is 18.2 Å². The van der Waals surface area contributed by atoms with Gasteiger partial charge in [0.1, 0.15) is 5.69 Å².